The van der Waals surface area contributed by atoms with Gasteiger partial charge in [-0.3, -0.25) is 14.9 Å². The second-order valence-electron chi connectivity index (χ2n) is 6.61. The molecule has 30 heavy (non-hydrogen) atoms. The van der Waals surface area contributed by atoms with Crippen LogP contribution in [0.3, 0.4) is 0 Å². The Labute approximate surface area is 184 Å². The van der Waals surface area contributed by atoms with E-state index in [1.54, 1.807) is 48.5 Å². The predicted molar refractivity (Wildman–Crippen MR) is 125 cm³/mol. The van der Waals surface area contributed by atoms with Crippen molar-refractivity contribution in [2.75, 3.05) is 19.0 Å². The van der Waals surface area contributed by atoms with Gasteiger partial charge in [0.15, 0.2) is 5.82 Å². The molecule has 0 saturated heterocycles. The van der Waals surface area contributed by atoms with Gasteiger partial charge in [-0.1, -0.05) is 23.7 Å². The number of rotatable bonds is 5. The standard InChI is InChI=1S/C20H15ClN4O3S2/c1-24(2)14-6-5-11(9-15(14)25(27)28)8-13(21)18-22-19(26)17-12(10-30-20(17)23-18)16-4-3-7-29-16/h3-10H,1-2H3,(H,22,23,26)/b13-8-. The zero-order valence-corrected chi connectivity index (χ0v) is 18.3. The highest BCUT2D eigenvalue weighted by atomic mass is 35.5. The Kier molecular flexibility index (Phi) is 5.42. The number of hydrogen-bond donors (Lipinski definition) is 1. The van der Waals surface area contributed by atoms with Crippen LogP contribution >= 0.6 is 34.3 Å². The van der Waals surface area contributed by atoms with Crippen LogP contribution in [0, 0.1) is 10.1 Å². The van der Waals surface area contributed by atoms with Gasteiger partial charge in [0.1, 0.15) is 10.5 Å². The number of hydrogen-bond acceptors (Lipinski definition) is 7. The number of thiophene rings is 2. The van der Waals surface area contributed by atoms with Gasteiger partial charge in [0.25, 0.3) is 11.2 Å². The summed E-state index contributed by atoms with van der Waals surface area (Å²) in [6.45, 7) is 0. The van der Waals surface area contributed by atoms with Crippen LogP contribution in [0.1, 0.15) is 11.4 Å². The minimum Gasteiger partial charge on any atom is -0.372 e. The maximum absolute atomic E-state index is 12.7. The smallest absolute Gasteiger partial charge is 0.293 e. The molecule has 1 aromatic carbocycles. The topological polar surface area (TPSA) is 92.1 Å². The SMILES string of the molecule is CN(C)c1ccc(/C=C(\Cl)c2nc3scc(-c4cccs4)c3c(=O)[nH]2)cc1[N+](=O)[O-]. The average Bonchev–Trinajstić information content (AvgIpc) is 3.37. The fourth-order valence-electron chi connectivity index (χ4n) is 3.04. The molecule has 3 heterocycles. The van der Waals surface area contributed by atoms with Gasteiger partial charge in [0, 0.05) is 36.0 Å². The van der Waals surface area contributed by atoms with Crippen LogP contribution in [0.4, 0.5) is 11.4 Å². The quantitative estimate of drug-likeness (QED) is 0.318. The first kappa shape index (κ1) is 20.3. The van der Waals surface area contributed by atoms with Gasteiger partial charge in [0.05, 0.1) is 15.3 Å². The van der Waals surface area contributed by atoms with Crippen molar-refractivity contribution in [2.45, 2.75) is 0 Å². The Bertz CT molecular complexity index is 1340. The summed E-state index contributed by atoms with van der Waals surface area (Å²) in [4.78, 5) is 34.2. The van der Waals surface area contributed by atoms with Crippen molar-refractivity contribution in [1.82, 2.24) is 9.97 Å². The summed E-state index contributed by atoms with van der Waals surface area (Å²) in [6, 6.07) is 8.70. The van der Waals surface area contributed by atoms with E-state index in [0.717, 1.165) is 10.4 Å². The van der Waals surface area contributed by atoms with Gasteiger partial charge < -0.3 is 9.88 Å². The highest BCUT2D eigenvalue weighted by Gasteiger charge is 2.17. The Hall–Kier alpha value is -3.01. The maximum atomic E-state index is 12.7. The normalized spacial score (nSPS) is 11.8. The number of nitrogens with one attached hydrogen (secondary N) is 1. The van der Waals surface area contributed by atoms with Crippen molar-refractivity contribution in [3.63, 3.8) is 0 Å². The Balaban J connectivity index is 1.76. The molecule has 4 aromatic rings. The van der Waals surface area contributed by atoms with Crippen molar-refractivity contribution in [1.29, 1.82) is 0 Å². The van der Waals surface area contributed by atoms with Crippen LogP contribution in [0.15, 0.2) is 45.9 Å². The van der Waals surface area contributed by atoms with Gasteiger partial charge >= 0.3 is 0 Å². The molecule has 10 heteroatoms. The molecule has 0 saturated carbocycles. The van der Waals surface area contributed by atoms with E-state index in [9.17, 15) is 14.9 Å². The van der Waals surface area contributed by atoms with Gasteiger partial charge in [-0.05, 0) is 29.2 Å². The van der Waals surface area contributed by atoms with E-state index in [1.165, 1.54) is 17.4 Å². The Morgan fingerprint density at radius 1 is 1.30 bits per heavy atom. The van der Waals surface area contributed by atoms with Crippen molar-refractivity contribution in [3.8, 4) is 10.4 Å². The first-order chi connectivity index (χ1) is 14.3. The lowest BCUT2D eigenvalue weighted by atomic mass is 10.1. The molecular weight excluding hydrogens is 444 g/mol. The van der Waals surface area contributed by atoms with E-state index >= 15 is 0 Å². The molecule has 0 spiro atoms. The summed E-state index contributed by atoms with van der Waals surface area (Å²) < 4.78 is 0. The molecule has 4 rings (SSSR count). The van der Waals surface area contributed by atoms with Gasteiger partial charge in [0.2, 0.25) is 0 Å². The molecular formula is C20H15ClN4O3S2. The van der Waals surface area contributed by atoms with E-state index < -0.39 is 4.92 Å². The molecule has 0 unspecified atom stereocenters. The first-order valence-corrected chi connectivity index (χ1v) is 10.9. The zero-order chi connectivity index (χ0) is 21.4. The maximum Gasteiger partial charge on any atom is 0.293 e. The van der Waals surface area contributed by atoms with Crippen molar-refractivity contribution < 1.29 is 4.92 Å². The zero-order valence-electron chi connectivity index (χ0n) is 15.9. The molecule has 7 nitrogen and oxygen atoms in total. The van der Waals surface area contributed by atoms with Crippen molar-refractivity contribution in [2.24, 2.45) is 0 Å². The first-order valence-electron chi connectivity index (χ1n) is 8.74. The van der Waals surface area contributed by atoms with Crippen LogP contribution in [0.2, 0.25) is 0 Å². The van der Waals surface area contributed by atoms with Crippen molar-refractivity contribution in [3.05, 3.63) is 72.9 Å². The number of anilines is 1. The van der Waals surface area contributed by atoms with Crippen LogP contribution in [-0.4, -0.2) is 29.0 Å². The lowest BCUT2D eigenvalue weighted by Gasteiger charge is -2.12. The van der Waals surface area contributed by atoms with E-state index in [-0.39, 0.29) is 22.1 Å². The second kappa shape index (κ2) is 8.02. The van der Waals surface area contributed by atoms with E-state index in [0.29, 0.717) is 21.5 Å². The lowest BCUT2D eigenvalue weighted by molar-refractivity contribution is -0.384. The largest absolute Gasteiger partial charge is 0.372 e. The highest BCUT2D eigenvalue weighted by Crippen LogP contribution is 2.34. The van der Waals surface area contributed by atoms with Gasteiger partial charge in [-0.15, -0.1) is 22.7 Å². The number of nitro benzene ring substituents is 1. The molecule has 0 amide bonds. The molecule has 3 aromatic heterocycles. The number of nitro groups is 1. The van der Waals surface area contributed by atoms with E-state index in [2.05, 4.69) is 9.97 Å². The third kappa shape index (κ3) is 3.74. The molecule has 0 bridgehead atoms. The number of H-pyrrole nitrogens is 1. The average molecular weight is 459 g/mol. The van der Waals surface area contributed by atoms with E-state index in [4.69, 9.17) is 11.6 Å². The predicted octanol–water partition coefficient (Wildman–Crippen LogP) is 5.42. The van der Waals surface area contributed by atoms with Crippen LogP contribution in [0.5, 0.6) is 0 Å². The molecule has 0 aliphatic heterocycles. The molecule has 0 radical (unpaired) electrons. The summed E-state index contributed by atoms with van der Waals surface area (Å²) in [6.07, 6.45) is 1.55. The van der Waals surface area contributed by atoms with Gasteiger partial charge in [-0.2, -0.15) is 0 Å². The second-order valence-corrected chi connectivity index (χ2v) is 8.83. The Morgan fingerprint density at radius 2 is 2.10 bits per heavy atom. The fraction of sp³-hybridized carbons (Fsp3) is 0.100. The summed E-state index contributed by atoms with van der Waals surface area (Å²) in [5, 5.41) is 16.0. The van der Waals surface area contributed by atoms with Crippen LogP contribution in [0.25, 0.3) is 31.8 Å². The van der Waals surface area contributed by atoms with Crippen LogP contribution in [-0.2, 0) is 0 Å². The fourth-order valence-corrected chi connectivity index (χ4v) is 5.02. The Morgan fingerprint density at radius 3 is 2.77 bits per heavy atom. The molecule has 152 valence electrons. The summed E-state index contributed by atoms with van der Waals surface area (Å²) >= 11 is 9.33. The number of aromatic amines is 1. The van der Waals surface area contributed by atoms with Crippen LogP contribution < -0.4 is 10.5 Å². The monoisotopic (exact) mass is 458 g/mol. The number of benzene rings is 1. The molecule has 0 atom stereocenters. The third-order valence-electron chi connectivity index (χ3n) is 4.43. The minimum absolute atomic E-state index is 0.0334. The molecule has 0 fully saturated rings. The molecule has 0 aliphatic rings. The third-order valence-corrected chi connectivity index (χ3v) is 6.49. The minimum atomic E-state index is -0.440. The van der Waals surface area contributed by atoms with E-state index in [1.807, 2.05) is 22.9 Å². The number of nitrogens with zero attached hydrogens (tertiary/aromatic N) is 3. The van der Waals surface area contributed by atoms with Crippen molar-refractivity contribution >= 4 is 67.0 Å². The number of halogens is 1. The summed E-state index contributed by atoms with van der Waals surface area (Å²) in [5.74, 6) is 0.216. The molecule has 1 N–H and O–H groups in total. The highest BCUT2D eigenvalue weighted by molar-refractivity contribution is 7.18. The summed E-state index contributed by atoms with van der Waals surface area (Å²) in [7, 11) is 3.47. The summed E-state index contributed by atoms with van der Waals surface area (Å²) in [5.41, 5.74) is 1.56. The number of fused-ring (bicyclic) bond motifs is 1. The lowest BCUT2D eigenvalue weighted by Crippen LogP contribution is -2.11. The van der Waals surface area contributed by atoms with Gasteiger partial charge in [-0.25, -0.2) is 4.98 Å². The molecule has 0 aliphatic carbocycles. The number of aromatic nitrogens is 2.